The van der Waals surface area contributed by atoms with Gasteiger partial charge in [0.2, 0.25) is 0 Å². The summed E-state index contributed by atoms with van der Waals surface area (Å²) in [6.45, 7) is 4.78. The molecular weight excluding hydrogens is 495 g/mol. The van der Waals surface area contributed by atoms with Gasteiger partial charge in [0.05, 0.1) is 16.9 Å². The third-order valence-electron chi connectivity index (χ3n) is 5.77. The summed E-state index contributed by atoms with van der Waals surface area (Å²) in [7, 11) is 0. The van der Waals surface area contributed by atoms with E-state index in [0.29, 0.717) is 22.7 Å². The van der Waals surface area contributed by atoms with Crippen molar-refractivity contribution in [1.82, 2.24) is 9.38 Å². The van der Waals surface area contributed by atoms with Crippen molar-refractivity contribution in [1.29, 1.82) is 5.41 Å². The Labute approximate surface area is 217 Å². The van der Waals surface area contributed by atoms with E-state index in [-0.39, 0.29) is 17.0 Å². The fourth-order valence-electron chi connectivity index (χ4n) is 3.83. The van der Waals surface area contributed by atoms with Crippen LogP contribution in [0.15, 0.2) is 79.1 Å². The van der Waals surface area contributed by atoms with Gasteiger partial charge in [-0.1, -0.05) is 30.3 Å². The number of carbonyl (C=O) groups excluding carboxylic acids is 1. The highest BCUT2D eigenvalue weighted by Crippen LogP contribution is 2.36. The molecule has 2 aromatic heterocycles. The van der Waals surface area contributed by atoms with Crippen molar-refractivity contribution >= 4 is 28.8 Å². The van der Waals surface area contributed by atoms with Crippen LogP contribution in [0.25, 0.3) is 16.9 Å². The molecule has 0 spiro atoms. The maximum atomic E-state index is 13.6. The molecule has 196 valence electrons. The molecule has 0 radical (unpaired) electrons. The summed E-state index contributed by atoms with van der Waals surface area (Å²) in [5, 5.41) is 23.2. The number of hydrogen-bond acceptors (Lipinski definition) is 5. The number of rotatable bonds is 7. The Morgan fingerprint density at radius 1 is 1.08 bits per heavy atom. The zero-order valence-electron chi connectivity index (χ0n) is 20.9. The number of carbonyl (C=O) groups is 1. The minimum Gasteiger partial charge on any atom is -0.386 e. The van der Waals surface area contributed by atoms with Gasteiger partial charge in [-0.05, 0) is 62.7 Å². The van der Waals surface area contributed by atoms with Crippen molar-refractivity contribution < 1.29 is 23.1 Å². The number of amides is 1. The number of nitrogens with zero attached hydrogens (tertiary/aromatic N) is 2. The monoisotopic (exact) mass is 521 g/mol. The zero-order valence-corrected chi connectivity index (χ0v) is 20.9. The lowest BCUT2D eigenvalue weighted by Crippen LogP contribution is -2.17. The number of nitrogens with one attached hydrogen (secondary N) is 3. The standard InChI is InChI=1S/C28H26F3N5O2/c1-17(32)11-13-33-22-15-19(9-10-21(22)28(29,30)31)26(37)35-25-24(18-7-5-4-6-8-18)34-23-16-20(27(2,3)38)12-14-36(23)25/h4-16,32-33,38H,1-3H3,(H,35,37)/b13-11-,32-17?. The molecule has 0 bridgehead atoms. The van der Waals surface area contributed by atoms with Crippen LogP contribution >= 0.6 is 0 Å². The molecule has 1 amide bonds. The van der Waals surface area contributed by atoms with Crippen molar-refractivity contribution in [2.45, 2.75) is 32.5 Å². The number of pyridine rings is 1. The molecule has 4 rings (SSSR count). The Balaban J connectivity index is 1.77. The van der Waals surface area contributed by atoms with E-state index in [1.54, 1.807) is 36.6 Å². The van der Waals surface area contributed by atoms with Gasteiger partial charge in [-0.3, -0.25) is 9.20 Å². The Bertz CT molecular complexity index is 1530. The molecule has 2 heterocycles. The SMILES string of the molecule is CC(=N)/C=C\Nc1cc(C(=O)Nc2c(-c3ccccc3)nc3cc(C(C)(C)O)ccn23)ccc1C(F)(F)F. The van der Waals surface area contributed by atoms with Crippen LogP contribution in [0.3, 0.4) is 0 Å². The highest BCUT2D eigenvalue weighted by Gasteiger charge is 2.34. The second-order valence-corrected chi connectivity index (χ2v) is 9.25. The van der Waals surface area contributed by atoms with Gasteiger partial charge in [0, 0.05) is 29.2 Å². The molecule has 4 N–H and O–H groups in total. The van der Waals surface area contributed by atoms with Gasteiger partial charge in [0.1, 0.15) is 17.2 Å². The smallest absolute Gasteiger partial charge is 0.386 e. The van der Waals surface area contributed by atoms with Crippen molar-refractivity contribution in [2.75, 3.05) is 10.6 Å². The summed E-state index contributed by atoms with van der Waals surface area (Å²) in [5.74, 6) is -0.313. The van der Waals surface area contributed by atoms with Gasteiger partial charge in [-0.2, -0.15) is 13.2 Å². The van der Waals surface area contributed by atoms with Crippen LogP contribution in [0.1, 0.15) is 42.3 Å². The second kappa shape index (κ2) is 10.1. The second-order valence-electron chi connectivity index (χ2n) is 9.25. The molecule has 0 aliphatic rings. The van der Waals surface area contributed by atoms with E-state index in [0.717, 1.165) is 23.8 Å². The van der Waals surface area contributed by atoms with Gasteiger partial charge in [0.15, 0.2) is 0 Å². The van der Waals surface area contributed by atoms with E-state index < -0.39 is 23.2 Å². The number of anilines is 2. The maximum Gasteiger partial charge on any atom is 0.418 e. The largest absolute Gasteiger partial charge is 0.418 e. The van der Waals surface area contributed by atoms with Crippen LogP contribution in [0.5, 0.6) is 0 Å². The Morgan fingerprint density at radius 3 is 2.42 bits per heavy atom. The molecule has 0 aliphatic heterocycles. The van der Waals surface area contributed by atoms with E-state index >= 15 is 0 Å². The topological polar surface area (TPSA) is 103 Å². The molecule has 0 aliphatic carbocycles. The summed E-state index contributed by atoms with van der Waals surface area (Å²) >= 11 is 0. The molecule has 4 aromatic rings. The first-order valence-corrected chi connectivity index (χ1v) is 11.7. The molecule has 7 nitrogen and oxygen atoms in total. The van der Waals surface area contributed by atoms with Crippen LogP contribution in [0.4, 0.5) is 24.7 Å². The molecule has 10 heteroatoms. The van der Waals surface area contributed by atoms with Crippen LogP contribution < -0.4 is 10.6 Å². The van der Waals surface area contributed by atoms with E-state index in [9.17, 15) is 23.1 Å². The molecular formula is C28H26F3N5O2. The lowest BCUT2D eigenvalue weighted by atomic mass is 10.00. The molecule has 0 fully saturated rings. The third kappa shape index (κ3) is 5.76. The lowest BCUT2D eigenvalue weighted by molar-refractivity contribution is -0.136. The normalized spacial score (nSPS) is 12.2. The van der Waals surface area contributed by atoms with Gasteiger partial charge in [0.25, 0.3) is 5.91 Å². The average molecular weight is 522 g/mol. The number of hydrogen-bond donors (Lipinski definition) is 4. The van der Waals surface area contributed by atoms with Crippen LogP contribution in [-0.4, -0.2) is 26.1 Å². The first-order chi connectivity index (χ1) is 17.8. The number of allylic oxidation sites excluding steroid dienone is 1. The maximum absolute atomic E-state index is 13.6. The van der Waals surface area contributed by atoms with Crippen molar-refractivity contribution in [3.63, 3.8) is 0 Å². The summed E-state index contributed by atoms with van der Waals surface area (Å²) in [6.07, 6.45) is -0.459. The van der Waals surface area contributed by atoms with Crippen molar-refractivity contribution in [3.8, 4) is 11.3 Å². The van der Waals surface area contributed by atoms with Gasteiger partial charge >= 0.3 is 6.18 Å². The first kappa shape index (κ1) is 26.6. The van der Waals surface area contributed by atoms with Crippen LogP contribution in [-0.2, 0) is 11.8 Å². The number of aromatic nitrogens is 2. The Morgan fingerprint density at radius 2 is 1.79 bits per heavy atom. The van der Waals surface area contributed by atoms with Crippen molar-refractivity contribution in [3.05, 3.63) is 95.8 Å². The Kier molecular flexibility index (Phi) is 7.10. The number of halogens is 3. The number of imidazole rings is 1. The average Bonchev–Trinajstić information content (AvgIpc) is 3.20. The van der Waals surface area contributed by atoms with Crippen molar-refractivity contribution in [2.24, 2.45) is 0 Å². The number of fused-ring (bicyclic) bond motifs is 1. The van der Waals surface area contributed by atoms with E-state index in [2.05, 4.69) is 15.6 Å². The summed E-state index contributed by atoms with van der Waals surface area (Å²) in [6, 6.07) is 15.6. The highest BCUT2D eigenvalue weighted by molar-refractivity contribution is 6.06. The zero-order chi connectivity index (χ0) is 27.7. The molecule has 38 heavy (non-hydrogen) atoms. The minimum atomic E-state index is -4.65. The first-order valence-electron chi connectivity index (χ1n) is 11.7. The summed E-state index contributed by atoms with van der Waals surface area (Å²) in [4.78, 5) is 18.0. The van der Waals surface area contributed by atoms with E-state index in [1.807, 2.05) is 30.3 Å². The summed E-state index contributed by atoms with van der Waals surface area (Å²) in [5.41, 5.74) is 0.0355. The fourth-order valence-corrected chi connectivity index (χ4v) is 3.83. The molecule has 0 unspecified atom stereocenters. The van der Waals surface area contributed by atoms with Gasteiger partial charge in [-0.25, -0.2) is 4.98 Å². The van der Waals surface area contributed by atoms with Crippen LogP contribution in [0, 0.1) is 5.41 Å². The fraction of sp³-hybridized carbons (Fsp3) is 0.179. The number of aliphatic hydroxyl groups is 1. The minimum absolute atomic E-state index is 0.0115. The molecule has 0 saturated heterocycles. The summed E-state index contributed by atoms with van der Waals surface area (Å²) < 4.78 is 42.3. The van der Waals surface area contributed by atoms with Crippen LogP contribution in [0.2, 0.25) is 0 Å². The van der Waals surface area contributed by atoms with E-state index in [4.69, 9.17) is 5.41 Å². The molecule has 2 aromatic carbocycles. The predicted molar refractivity (Wildman–Crippen MR) is 141 cm³/mol. The third-order valence-corrected chi connectivity index (χ3v) is 5.77. The molecule has 0 atom stereocenters. The number of alkyl halides is 3. The van der Waals surface area contributed by atoms with Gasteiger partial charge in [-0.15, -0.1) is 0 Å². The quantitative estimate of drug-likeness (QED) is 0.210. The predicted octanol–water partition coefficient (Wildman–Crippen LogP) is 6.47. The highest BCUT2D eigenvalue weighted by atomic mass is 19.4. The number of benzene rings is 2. The lowest BCUT2D eigenvalue weighted by Gasteiger charge is -2.17. The van der Waals surface area contributed by atoms with E-state index in [1.165, 1.54) is 19.2 Å². The van der Waals surface area contributed by atoms with Gasteiger partial charge < -0.3 is 21.1 Å². The Hall–Kier alpha value is -4.44. The molecule has 0 saturated carbocycles.